The molecule has 0 unspecified atom stereocenters. The Morgan fingerprint density at radius 2 is 2.04 bits per heavy atom. The molecule has 7 heteroatoms. The molecular weight excluding hydrogens is 340 g/mol. The number of benzene rings is 1. The van der Waals surface area contributed by atoms with Crippen LogP contribution >= 0.6 is 0 Å². The zero-order valence-corrected chi connectivity index (χ0v) is 15.8. The molecule has 25 heavy (non-hydrogen) atoms. The molecule has 0 aromatic heterocycles. The molecule has 0 bridgehead atoms. The van der Waals surface area contributed by atoms with E-state index >= 15 is 0 Å². The molecule has 1 aromatic rings. The lowest BCUT2D eigenvalue weighted by atomic mass is 9.96. The summed E-state index contributed by atoms with van der Waals surface area (Å²) in [6.45, 7) is 6.06. The van der Waals surface area contributed by atoms with Crippen molar-refractivity contribution in [3.05, 3.63) is 23.8 Å². The Morgan fingerprint density at radius 1 is 1.28 bits per heavy atom. The molecule has 140 valence electrons. The number of likely N-dealkylation sites (tertiary alicyclic amines) is 1. The summed E-state index contributed by atoms with van der Waals surface area (Å²) in [5, 5.41) is 0. The predicted octanol–water partition coefficient (Wildman–Crippen LogP) is 1.78. The van der Waals surface area contributed by atoms with Crippen LogP contribution in [0.5, 0.6) is 5.75 Å². The summed E-state index contributed by atoms with van der Waals surface area (Å²) in [5.74, 6) is 1.06. The van der Waals surface area contributed by atoms with E-state index in [-0.39, 0.29) is 0 Å². The van der Waals surface area contributed by atoms with E-state index in [2.05, 4.69) is 9.62 Å². The third kappa shape index (κ3) is 4.53. The van der Waals surface area contributed by atoms with Crippen molar-refractivity contribution in [2.75, 3.05) is 40.0 Å². The minimum atomic E-state index is -3.48. The number of nitrogens with zero attached hydrogens (tertiary/aromatic N) is 1. The van der Waals surface area contributed by atoms with Gasteiger partial charge in [-0.3, -0.25) is 4.90 Å². The van der Waals surface area contributed by atoms with Gasteiger partial charge in [0, 0.05) is 19.2 Å². The Bertz CT molecular complexity index is 678. The lowest BCUT2D eigenvalue weighted by molar-refractivity contribution is 0.111. The van der Waals surface area contributed by atoms with Gasteiger partial charge in [0.05, 0.1) is 18.6 Å². The van der Waals surface area contributed by atoms with Crippen molar-refractivity contribution in [1.82, 2.24) is 9.62 Å². The summed E-state index contributed by atoms with van der Waals surface area (Å²) in [6, 6.07) is 5.60. The Kier molecular flexibility index (Phi) is 5.99. The molecule has 1 aromatic carbocycles. The standard InChI is InChI=1S/C18H28N2O4S/c1-14-11-17(23-2)3-4-18(14)25(21,22)19-12-15-5-8-20(9-6-15)16-7-10-24-13-16/h3-4,11,15-16,19H,5-10,12-13H2,1-2H3/t16-/m1/s1. The maximum Gasteiger partial charge on any atom is 0.240 e. The van der Waals surface area contributed by atoms with Crippen LogP contribution in [-0.4, -0.2) is 59.3 Å². The van der Waals surface area contributed by atoms with E-state index in [9.17, 15) is 8.42 Å². The maximum absolute atomic E-state index is 12.6. The van der Waals surface area contributed by atoms with Gasteiger partial charge in [-0.25, -0.2) is 13.1 Å². The number of piperidine rings is 1. The van der Waals surface area contributed by atoms with Crippen LogP contribution in [0.2, 0.25) is 0 Å². The second kappa shape index (κ2) is 8.03. The van der Waals surface area contributed by atoms with E-state index < -0.39 is 10.0 Å². The third-order valence-corrected chi connectivity index (χ3v) is 6.89. The molecule has 3 rings (SSSR count). The topological polar surface area (TPSA) is 67.9 Å². The van der Waals surface area contributed by atoms with Gasteiger partial charge < -0.3 is 9.47 Å². The summed E-state index contributed by atoms with van der Waals surface area (Å²) in [6.07, 6.45) is 3.18. The minimum absolute atomic E-state index is 0.328. The van der Waals surface area contributed by atoms with Gasteiger partial charge in [0.15, 0.2) is 0 Å². The monoisotopic (exact) mass is 368 g/mol. The summed E-state index contributed by atoms with van der Waals surface area (Å²) >= 11 is 0. The van der Waals surface area contributed by atoms with Crippen LogP contribution in [0, 0.1) is 12.8 Å². The van der Waals surface area contributed by atoms with Crippen molar-refractivity contribution < 1.29 is 17.9 Å². The fourth-order valence-electron chi connectivity index (χ4n) is 3.69. The molecule has 0 spiro atoms. The zero-order chi connectivity index (χ0) is 17.9. The molecule has 0 saturated carbocycles. The van der Waals surface area contributed by atoms with Gasteiger partial charge in [-0.1, -0.05) is 0 Å². The van der Waals surface area contributed by atoms with E-state index in [1.54, 1.807) is 32.2 Å². The number of sulfonamides is 1. The number of hydrogen-bond donors (Lipinski definition) is 1. The van der Waals surface area contributed by atoms with E-state index in [1.807, 2.05) is 0 Å². The van der Waals surface area contributed by atoms with E-state index in [0.29, 0.717) is 34.7 Å². The first-order valence-electron chi connectivity index (χ1n) is 8.95. The second-order valence-electron chi connectivity index (χ2n) is 6.98. The average molecular weight is 368 g/mol. The minimum Gasteiger partial charge on any atom is -0.497 e. The average Bonchev–Trinajstić information content (AvgIpc) is 3.15. The van der Waals surface area contributed by atoms with Gasteiger partial charge in [-0.2, -0.15) is 0 Å². The lowest BCUT2D eigenvalue weighted by Gasteiger charge is -2.35. The van der Waals surface area contributed by atoms with Gasteiger partial charge in [0.25, 0.3) is 0 Å². The molecule has 0 amide bonds. The molecule has 2 saturated heterocycles. The maximum atomic E-state index is 12.6. The normalized spacial score (nSPS) is 23.0. The number of rotatable bonds is 6. The van der Waals surface area contributed by atoms with Gasteiger partial charge in [-0.15, -0.1) is 0 Å². The van der Waals surface area contributed by atoms with Crippen LogP contribution in [-0.2, 0) is 14.8 Å². The van der Waals surface area contributed by atoms with Crippen molar-refractivity contribution in [2.24, 2.45) is 5.92 Å². The number of hydrogen-bond acceptors (Lipinski definition) is 5. The highest BCUT2D eigenvalue weighted by molar-refractivity contribution is 7.89. The van der Waals surface area contributed by atoms with Gasteiger partial charge in [0.1, 0.15) is 5.75 Å². The van der Waals surface area contributed by atoms with Crippen LogP contribution in [0.4, 0.5) is 0 Å². The Balaban J connectivity index is 1.53. The highest BCUT2D eigenvalue weighted by Gasteiger charge is 2.28. The molecule has 6 nitrogen and oxygen atoms in total. The number of aryl methyl sites for hydroxylation is 1. The molecule has 2 aliphatic rings. The quantitative estimate of drug-likeness (QED) is 0.829. The van der Waals surface area contributed by atoms with Crippen LogP contribution in [0.15, 0.2) is 23.1 Å². The van der Waals surface area contributed by atoms with Crippen molar-refractivity contribution in [2.45, 2.75) is 37.1 Å². The molecule has 2 heterocycles. The van der Waals surface area contributed by atoms with Crippen LogP contribution in [0.25, 0.3) is 0 Å². The second-order valence-corrected chi connectivity index (χ2v) is 8.72. The van der Waals surface area contributed by atoms with E-state index in [0.717, 1.165) is 45.6 Å². The molecule has 0 radical (unpaired) electrons. The Hall–Kier alpha value is -1.15. The summed E-state index contributed by atoms with van der Waals surface area (Å²) in [4.78, 5) is 2.82. The van der Waals surface area contributed by atoms with Crippen molar-refractivity contribution in [3.8, 4) is 5.75 Å². The molecule has 1 N–H and O–H groups in total. The predicted molar refractivity (Wildman–Crippen MR) is 96.4 cm³/mol. The number of methoxy groups -OCH3 is 1. The Labute approximate surface area is 150 Å². The van der Waals surface area contributed by atoms with Crippen LogP contribution in [0.3, 0.4) is 0 Å². The van der Waals surface area contributed by atoms with Crippen molar-refractivity contribution in [3.63, 3.8) is 0 Å². The first kappa shape index (κ1) is 18.6. The van der Waals surface area contributed by atoms with Gasteiger partial charge in [-0.05, 0) is 69.0 Å². The first-order chi connectivity index (χ1) is 12.0. The molecule has 2 aliphatic heterocycles. The smallest absolute Gasteiger partial charge is 0.240 e. The number of nitrogens with one attached hydrogen (secondary N) is 1. The largest absolute Gasteiger partial charge is 0.497 e. The highest BCUT2D eigenvalue weighted by Crippen LogP contribution is 2.24. The highest BCUT2D eigenvalue weighted by atomic mass is 32.2. The molecule has 1 atom stereocenters. The summed E-state index contributed by atoms with van der Waals surface area (Å²) in [7, 11) is -1.91. The van der Waals surface area contributed by atoms with Crippen LogP contribution < -0.4 is 9.46 Å². The van der Waals surface area contributed by atoms with Crippen molar-refractivity contribution >= 4 is 10.0 Å². The fourth-order valence-corrected chi connectivity index (χ4v) is 5.03. The summed E-state index contributed by atoms with van der Waals surface area (Å²) < 4.78 is 38.6. The van der Waals surface area contributed by atoms with E-state index in [1.165, 1.54) is 0 Å². The molecule has 2 fully saturated rings. The summed E-state index contributed by atoms with van der Waals surface area (Å²) in [5.41, 5.74) is 0.697. The van der Waals surface area contributed by atoms with Gasteiger partial charge in [0.2, 0.25) is 10.0 Å². The SMILES string of the molecule is COc1ccc(S(=O)(=O)NCC2CCN([C@@H]3CCOC3)CC2)c(C)c1. The van der Waals surface area contributed by atoms with Gasteiger partial charge >= 0.3 is 0 Å². The van der Waals surface area contributed by atoms with Crippen LogP contribution in [0.1, 0.15) is 24.8 Å². The molecule has 0 aliphatic carbocycles. The molecular formula is C18H28N2O4S. The van der Waals surface area contributed by atoms with E-state index in [4.69, 9.17) is 9.47 Å². The lowest BCUT2D eigenvalue weighted by Crippen LogP contribution is -2.44. The van der Waals surface area contributed by atoms with Crippen molar-refractivity contribution in [1.29, 1.82) is 0 Å². The number of ether oxygens (including phenoxy) is 2. The first-order valence-corrected chi connectivity index (χ1v) is 10.4. The fraction of sp³-hybridized carbons (Fsp3) is 0.667. The Morgan fingerprint density at radius 3 is 2.64 bits per heavy atom. The third-order valence-electron chi connectivity index (χ3n) is 5.30. The zero-order valence-electron chi connectivity index (χ0n) is 15.0.